The van der Waals surface area contributed by atoms with Crippen LogP contribution in [0.2, 0.25) is 0 Å². The number of hydrogen-bond acceptors (Lipinski definition) is 4. The first-order valence-corrected chi connectivity index (χ1v) is 9.44. The quantitative estimate of drug-likeness (QED) is 0.824. The number of amides is 3. The van der Waals surface area contributed by atoms with Gasteiger partial charge in [0.05, 0.1) is 12.2 Å². The van der Waals surface area contributed by atoms with Gasteiger partial charge in [0, 0.05) is 32.1 Å². The van der Waals surface area contributed by atoms with Gasteiger partial charge < -0.3 is 15.0 Å². The molecule has 9 heteroatoms. The van der Waals surface area contributed by atoms with Gasteiger partial charge in [0.2, 0.25) is 0 Å². The van der Waals surface area contributed by atoms with Gasteiger partial charge in [-0.05, 0) is 38.5 Å². The van der Waals surface area contributed by atoms with Crippen molar-refractivity contribution in [2.24, 2.45) is 7.05 Å². The Balaban J connectivity index is 1.65. The first kappa shape index (κ1) is 20.6. The highest BCUT2D eigenvalue weighted by Crippen LogP contribution is 2.26. The van der Waals surface area contributed by atoms with Crippen LogP contribution in [-0.4, -0.2) is 39.0 Å². The second kappa shape index (κ2) is 8.10. The van der Waals surface area contributed by atoms with Crippen LogP contribution in [0.15, 0.2) is 24.3 Å². The zero-order valence-electron chi connectivity index (χ0n) is 17.1. The van der Waals surface area contributed by atoms with Crippen LogP contribution in [0.1, 0.15) is 37.6 Å². The molecule has 1 aromatic heterocycles. The van der Waals surface area contributed by atoms with Gasteiger partial charge in [0.25, 0.3) is 0 Å². The van der Waals surface area contributed by atoms with E-state index in [1.165, 1.54) is 12.1 Å². The molecule has 1 aliphatic heterocycles. The Morgan fingerprint density at radius 3 is 2.59 bits per heavy atom. The van der Waals surface area contributed by atoms with E-state index >= 15 is 0 Å². The van der Waals surface area contributed by atoms with E-state index in [9.17, 15) is 14.0 Å². The van der Waals surface area contributed by atoms with Gasteiger partial charge in [-0.25, -0.2) is 14.0 Å². The molecule has 0 atom stereocenters. The third kappa shape index (κ3) is 5.24. The Morgan fingerprint density at radius 1 is 1.24 bits per heavy atom. The molecule has 0 saturated carbocycles. The molecule has 3 amide bonds. The number of carbonyl (C=O) groups excluding carboxylic acids is 2. The number of aryl methyl sites for hydroxylation is 1. The summed E-state index contributed by atoms with van der Waals surface area (Å²) < 4.78 is 20.0. The van der Waals surface area contributed by atoms with Gasteiger partial charge in [-0.1, -0.05) is 12.1 Å². The highest BCUT2D eigenvalue weighted by atomic mass is 19.1. The van der Waals surface area contributed by atoms with Crippen LogP contribution in [-0.2, 0) is 31.3 Å². The van der Waals surface area contributed by atoms with Crippen molar-refractivity contribution in [3.05, 3.63) is 46.9 Å². The molecule has 2 N–H and O–H groups in total. The molecule has 0 aliphatic carbocycles. The lowest BCUT2D eigenvalue weighted by molar-refractivity contribution is 0.0224. The molecule has 0 unspecified atom stereocenters. The largest absolute Gasteiger partial charge is 0.444 e. The minimum Gasteiger partial charge on any atom is -0.444 e. The van der Waals surface area contributed by atoms with E-state index < -0.39 is 17.7 Å². The zero-order chi connectivity index (χ0) is 21.2. The van der Waals surface area contributed by atoms with Crippen LogP contribution in [0.5, 0.6) is 0 Å². The van der Waals surface area contributed by atoms with E-state index in [4.69, 9.17) is 4.74 Å². The number of rotatable bonds is 3. The lowest BCUT2D eigenvalue weighted by Crippen LogP contribution is -2.40. The monoisotopic (exact) mass is 403 g/mol. The van der Waals surface area contributed by atoms with Crippen molar-refractivity contribution in [1.29, 1.82) is 0 Å². The number of halogens is 1. The molecule has 0 spiro atoms. The van der Waals surface area contributed by atoms with Gasteiger partial charge in [0.1, 0.15) is 17.2 Å². The molecule has 0 fully saturated rings. The highest BCUT2D eigenvalue weighted by molar-refractivity contribution is 5.89. The average Bonchev–Trinajstić information content (AvgIpc) is 2.94. The molecule has 3 rings (SSSR count). The number of aromatic nitrogens is 2. The fraction of sp³-hybridized carbons (Fsp3) is 0.450. The van der Waals surface area contributed by atoms with Crippen molar-refractivity contribution in [2.75, 3.05) is 11.9 Å². The van der Waals surface area contributed by atoms with Crippen molar-refractivity contribution >= 4 is 17.9 Å². The number of hydrogen-bond donors (Lipinski definition) is 2. The second-order valence-corrected chi connectivity index (χ2v) is 7.98. The predicted molar refractivity (Wildman–Crippen MR) is 106 cm³/mol. The average molecular weight is 403 g/mol. The maximum atomic E-state index is 13.0. The van der Waals surface area contributed by atoms with Gasteiger partial charge in [0.15, 0.2) is 0 Å². The summed E-state index contributed by atoms with van der Waals surface area (Å²) in [5, 5.41) is 10.00. The number of urea groups is 1. The fourth-order valence-corrected chi connectivity index (χ4v) is 3.08. The van der Waals surface area contributed by atoms with E-state index in [1.807, 2.05) is 20.8 Å². The predicted octanol–water partition coefficient (Wildman–Crippen LogP) is 3.17. The Bertz CT molecular complexity index is 902. The van der Waals surface area contributed by atoms with Crippen molar-refractivity contribution in [3.63, 3.8) is 0 Å². The smallest absolute Gasteiger partial charge is 0.410 e. The van der Waals surface area contributed by atoms with Gasteiger partial charge in [-0.2, -0.15) is 5.10 Å². The Kier molecular flexibility index (Phi) is 5.76. The third-order valence-corrected chi connectivity index (χ3v) is 4.45. The van der Waals surface area contributed by atoms with E-state index in [1.54, 1.807) is 28.8 Å². The van der Waals surface area contributed by atoms with Crippen LogP contribution < -0.4 is 10.6 Å². The molecule has 29 heavy (non-hydrogen) atoms. The molecule has 1 aliphatic rings. The standard InChI is InChI=1S/C20H26FN5O3/c1-20(2,3)29-19(28)26-10-9-16-15(12-26)17(25(4)24-16)23-18(27)22-11-13-5-7-14(21)8-6-13/h5-8H,9-12H2,1-4H3,(H2,22,23,27). The number of ether oxygens (including phenoxy) is 1. The Morgan fingerprint density at radius 2 is 1.93 bits per heavy atom. The van der Waals surface area contributed by atoms with Crippen molar-refractivity contribution in [1.82, 2.24) is 20.0 Å². The number of benzene rings is 1. The minimum atomic E-state index is -0.576. The molecular weight excluding hydrogens is 377 g/mol. The second-order valence-electron chi connectivity index (χ2n) is 7.98. The number of carbonyl (C=O) groups is 2. The van der Waals surface area contributed by atoms with Crippen LogP contribution in [0, 0.1) is 5.82 Å². The SMILES string of the molecule is Cn1nc2c(c1NC(=O)NCc1ccc(F)cc1)CN(C(=O)OC(C)(C)C)CC2. The summed E-state index contributed by atoms with van der Waals surface area (Å²) in [5.41, 5.74) is 1.85. The molecule has 2 aromatic rings. The first-order chi connectivity index (χ1) is 13.6. The number of nitrogens with zero attached hydrogens (tertiary/aromatic N) is 3. The lowest BCUT2D eigenvalue weighted by Gasteiger charge is -2.29. The van der Waals surface area contributed by atoms with Crippen molar-refractivity contribution in [3.8, 4) is 0 Å². The van der Waals surface area contributed by atoms with Gasteiger partial charge in [-0.15, -0.1) is 0 Å². The Labute approximate surface area is 169 Å². The van der Waals surface area contributed by atoms with E-state index in [0.29, 0.717) is 25.3 Å². The number of nitrogens with one attached hydrogen (secondary N) is 2. The number of fused-ring (bicyclic) bond motifs is 1. The van der Waals surface area contributed by atoms with Gasteiger partial charge >= 0.3 is 12.1 Å². The van der Waals surface area contributed by atoms with Crippen LogP contribution in [0.3, 0.4) is 0 Å². The summed E-state index contributed by atoms with van der Waals surface area (Å²) >= 11 is 0. The van der Waals surface area contributed by atoms with E-state index in [0.717, 1.165) is 16.8 Å². The Hall–Kier alpha value is -3.10. The normalized spacial score (nSPS) is 13.6. The molecule has 0 radical (unpaired) electrons. The first-order valence-electron chi connectivity index (χ1n) is 9.44. The van der Waals surface area contributed by atoms with Crippen molar-refractivity contribution < 1.29 is 18.7 Å². The molecule has 156 valence electrons. The zero-order valence-corrected chi connectivity index (χ0v) is 17.1. The molecule has 2 heterocycles. The third-order valence-electron chi connectivity index (χ3n) is 4.45. The summed E-state index contributed by atoms with van der Waals surface area (Å²) in [6.07, 6.45) is 0.195. The molecule has 8 nitrogen and oxygen atoms in total. The topological polar surface area (TPSA) is 88.5 Å². The summed E-state index contributed by atoms with van der Waals surface area (Å²) in [6, 6.07) is 5.50. The van der Waals surface area contributed by atoms with Crippen molar-refractivity contribution in [2.45, 2.75) is 45.9 Å². The van der Waals surface area contributed by atoms with E-state index in [2.05, 4.69) is 15.7 Å². The lowest BCUT2D eigenvalue weighted by atomic mass is 10.1. The molecule has 0 bridgehead atoms. The maximum absolute atomic E-state index is 13.0. The maximum Gasteiger partial charge on any atom is 0.410 e. The van der Waals surface area contributed by atoms with Crippen LogP contribution in [0.25, 0.3) is 0 Å². The summed E-state index contributed by atoms with van der Waals surface area (Å²) in [6.45, 7) is 6.55. The van der Waals surface area contributed by atoms with E-state index in [-0.39, 0.29) is 12.4 Å². The molecule has 1 aromatic carbocycles. The fourth-order valence-electron chi connectivity index (χ4n) is 3.08. The molecular formula is C20H26FN5O3. The summed E-state index contributed by atoms with van der Waals surface area (Å²) in [5.74, 6) is 0.208. The summed E-state index contributed by atoms with van der Waals surface area (Å²) in [7, 11) is 1.74. The summed E-state index contributed by atoms with van der Waals surface area (Å²) in [4.78, 5) is 26.4. The highest BCUT2D eigenvalue weighted by Gasteiger charge is 2.30. The number of anilines is 1. The van der Waals surface area contributed by atoms with Crippen LogP contribution in [0.4, 0.5) is 19.8 Å². The van der Waals surface area contributed by atoms with Gasteiger partial charge in [-0.3, -0.25) is 10.00 Å². The molecule has 0 saturated heterocycles. The van der Waals surface area contributed by atoms with Crippen LogP contribution >= 0.6 is 0 Å². The minimum absolute atomic E-state index is 0.260.